The average Bonchev–Trinajstić information content (AvgIpc) is 2.63. The average molecular weight is 356 g/mol. The number of hydrogen-bond donors (Lipinski definition) is 1. The molecule has 0 saturated carbocycles. The molecule has 25 heavy (non-hydrogen) atoms. The van der Waals surface area contributed by atoms with Crippen LogP contribution >= 0.6 is 11.6 Å². The van der Waals surface area contributed by atoms with Crippen molar-refractivity contribution in [1.82, 2.24) is 0 Å². The third-order valence-electron chi connectivity index (χ3n) is 3.93. The molecule has 128 valence electrons. The van der Waals surface area contributed by atoms with Crippen molar-refractivity contribution in [3.63, 3.8) is 0 Å². The molecule has 0 aromatic heterocycles. The van der Waals surface area contributed by atoms with Gasteiger partial charge in [-0.3, -0.25) is 4.79 Å². The van der Waals surface area contributed by atoms with Crippen LogP contribution in [0.1, 0.15) is 5.56 Å². The van der Waals surface area contributed by atoms with Crippen LogP contribution < -0.4 is 14.8 Å². The second-order valence-electron chi connectivity index (χ2n) is 5.59. The minimum atomic E-state index is -0.166. The summed E-state index contributed by atoms with van der Waals surface area (Å²) >= 11 is 6.24. The Hall–Kier alpha value is -2.72. The van der Waals surface area contributed by atoms with Crippen LogP contribution in [0.5, 0.6) is 11.5 Å². The Labute approximate surface area is 151 Å². The van der Waals surface area contributed by atoms with E-state index in [0.717, 1.165) is 16.3 Å². The molecule has 3 aromatic carbocycles. The quantitative estimate of drug-likeness (QED) is 0.722. The second-order valence-corrected chi connectivity index (χ2v) is 6.00. The van der Waals surface area contributed by atoms with E-state index in [-0.39, 0.29) is 12.3 Å². The molecule has 0 heterocycles. The van der Waals surface area contributed by atoms with Crippen LogP contribution in [0.4, 0.5) is 5.69 Å². The van der Waals surface area contributed by atoms with Crippen LogP contribution in [0.25, 0.3) is 10.8 Å². The molecule has 4 nitrogen and oxygen atoms in total. The van der Waals surface area contributed by atoms with Gasteiger partial charge in [0.15, 0.2) is 0 Å². The van der Waals surface area contributed by atoms with E-state index >= 15 is 0 Å². The van der Waals surface area contributed by atoms with Gasteiger partial charge in [0.1, 0.15) is 17.2 Å². The van der Waals surface area contributed by atoms with Crippen molar-refractivity contribution in [2.45, 2.75) is 6.42 Å². The molecule has 0 saturated heterocycles. The van der Waals surface area contributed by atoms with Gasteiger partial charge in [0, 0.05) is 12.1 Å². The number of fused-ring (bicyclic) bond motifs is 1. The van der Waals surface area contributed by atoms with Crippen LogP contribution in [0.2, 0.25) is 5.02 Å². The van der Waals surface area contributed by atoms with Crippen molar-refractivity contribution in [3.8, 4) is 11.5 Å². The van der Waals surface area contributed by atoms with E-state index in [4.69, 9.17) is 21.1 Å². The maximum atomic E-state index is 12.4. The number of ether oxygens (including phenoxy) is 2. The molecule has 0 aliphatic heterocycles. The number of benzene rings is 3. The first-order valence-corrected chi connectivity index (χ1v) is 8.17. The molecule has 3 aromatic rings. The van der Waals surface area contributed by atoms with Crippen molar-refractivity contribution < 1.29 is 14.3 Å². The zero-order valence-electron chi connectivity index (χ0n) is 14.0. The summed E-state index contributed by atoms with van der Waals surface area (Å²) in [5.41, 5.74) is 1.37. The SMILES string of the molecule is COc1cc(Cl)c(NC(=O)Cc2ccc3ccccc3c2)c(OC)c1. The lowest BCUT2D eigenvalue weighted by Gasteiger charge is -2.14. The fourth-order valence-electron chi connectivity index (χ4n) is 2.68. The molecule has 0 spiro atoms. The zero-order valence-corrected chi connectivity index (χ0v) is 14.8. The molecule has 1 amide bonds. The van der Waals surface area contributed by atoms with Gasteiger partial charge < -0.3 is 14.8 Å². The number of carbonyl (C=O) groups is 1. The van der Waals surface area contributed by atoms with Gasteiger partial charge in [-0.25, -0.2) is 0 Å². The first-order chi connectivity index (χ1) is 12.1. The summed E-state index contributed by atoms with van der Waals surface area (Å²) < 4.78 is 10.5. The topological polar surface area (TPSA) is 47.6 Å². The van der Waals surface area contributed by atoms with Crippen LogP contribution in [-0.2, 0) is 11.2 Å². The maximum Gasteiger partial charge on any atom is 0.228 e. The lowest BCUT2D eigenvalue weighted by molar-refractivity contribution is -0.115. The third-order valence-corrected chi connectivity index (χ3v) is 4.22. The maximum absolute atomic E-state index is 12.4. The first-order valence-electron chi connectivity index (χ1n) is 7.80. The molecule has 0 aliphatic rings. The molecule has 0 fully saturated rings. The Bertz CT molecular complexity index is 924. The van der Waals surface area contributed by atoms with Crippen LogP contribution in [0.3, 0.4) is 0 Å². The number of amides is 1. The molecule has 0 bridgehead atoms. The molecule has 3 rings (SSSR count). The molecule has 5 heteroatoms. The van der Waals surface area contributed by atoms with Crippen molar-refractivity contribution >= 4 is 34.0 Å². The van der Waals surface area contributed by atoms with Gasteiger partial charge >= 0.3 is 0 Å². The van der Waals surface area contributed by atoms with Gasteiger partial charge in [-0.2, -0.15) is 0 Å². The Balaban J connectivity index is 1.80. The Kier molecular flexibility index (Phi) is 5.10. The van der Waals surface area contributed by atoms with Gasteiger partial charge in [-0.1, -0.05) is 54.1 Å². The zero-order chi connectivity index (χ0) is 17.8. The second kappa shape index (κ2) is 7.45. The molecule has 0 atom stereocenters. The highest BCUT2D eigenvalue weighted by Gasteiger charge is 2.14. The predicted octanol–water partition coefficient (Wildman–Crippen LogP) is 4.69. The van der Waals surface area contributed by atoms with E-state index in [1.165, 1.54) is 7.11 Å². The Morgan fingerprint density at radius 3 is 2.48 bits per heavy atom. The Morgan fingerprint density at radius 2 is 1.76 bits per heavy atom. The largest absolute Gasteiger partial charge is 0.497 e. The normalized spacial score (nSPS) is 10.5. The summed E-state index contributed by atoms with van der Waals surface area (Å²) in [7, 11) is 3.06. The summed E-state index contributed by atoms with van der Waals surface area (Å²) in [5.74, 6) is 0.853. The van der Waals surface area contributed by atoms with Crippen LogP contribution in [0, 0.1) is 0 Å². The lowest BCUT2D eigenvalue weighted by Crippen LogP contribution is -2.15. The lowest BCUT2D eigenvalue weighted by atomic mass is 10.0. The molecular formula is C20H18ClNO3. The summed E-state index contributed by atoms with van der Waals surface area (Å²) in [4.78, 5) is 12.4. The fourth-order valence-corrected chi connectivity index (χ4v) is 2.92. The minimum Gasteiger partial charge on any atom is -0.497 e. The predicted molar refractivity (Wildman–Crippen MR) is 101 cm³/mol. The summed E-state index contributed by atoms with van der Waals surface area (Å²) in [6, 6.07) is 17.3. The number of anilines is 1. The highest BCUT2D eigenvalue weighted by atomic mass is 35.5. The highest BCUT2D eigenvalue weighted by Crippen LogP contribution is 2.36. The third kappa shape index (κ3) is 3.86. The minimum absolute atomic E-state index is 0.166. The number of carbonyl (C=O) groups excluding carboxylic acids is 1. The van der Waals surface area contributed by atoms with Crippen molar-refractivity contribution in [3.05, 3.63) is 65.2 Å². The molecule has 0 aliphatic carbocycles. The number of nitrogens with one attached hydrogen (secondary N) is 1. The standard InChI is InChI=1S/C20H18ClNO3/c1-24-16-11-17(21)20(18(12-16)25-2)22-19(23)10-13-7-8-14-5-3-4-6-15(14)9-13/h3-9,11-12H,10H2,1-2H3,(H,22,23). The molecule has 0 unspecified atom stereocenters. The number of rotatable bonds is 5. The Morgan fingerprint density at radius 1 is 1.00 bits per heavy atom. The van der Waals surface area contributed by atoms with Crippen LogP contribution in [0.15, 0.2) is 54.6 Å². The summed E-state index contributed by atoms with van der Waals surface area (Å²) in [6.07, 6.45) is 0.246. The smallest absolute Gasteiger partial charge is 0.228 e. The number of halogens is 1. The van der Waals surface area contributed by atoms with E-state index in [0.29, 0.717) is 22.2 Å². The van der Waals surface area contributed by atoms with E-state index < -0.39 is 0 Å². The molecule has 1 N–H and O–H groups in total. The molecular weight excluding hydrogens is 338 g/mol. The number of methoxy groups -OCH3 is 2. The van der Waals surface area contributed by atoms with Crippen LogP contribution in [-0.4, -0.2) is 20.1 Å². The monoisotopic (exact) mass is 355 g/mol. The van der Waals surface area contributed by atoms with E-state index in [1.54, 1.807) is 19.2 Å². The van der Waals surface area contributed by atoms with Gasteiger partial charge in [-0.05, 0) is 16.3 Å². The number of hydrogen-bond acceptors (Lipinski definition) is 3. The van der Waals surface area contributed by atoms with Gasteiger partial charge in [-0.15, -0.1) is 0 Å². The van der Waals surface area contributed by atoms with Gasteiger partial charge in [0.2, 0.25) is 5.91 Å². The fraction of sp³-hybridized carbons (Fsp3) is 0.150. The highest BCUT2D eigenvalue weighted by molar-refractivity contribution is 6.34. The van der Waals surface area contributed by atoms with Gasteiger partial charge in [0.25, 0.3) is 0 Å². The molecule has 0 radical (unpaired) electrons. The van der Waals surface area contributed by atoms with E-state index in [2.05, 4.69) is 5.32 Å². The van der Waals surface area contributed by atoms with Crippen molar-refractivity contribution in [1.29, 1.82) is 0 Å². The van der Waals surface area contributed by atoms with E-state index in [1.807, 2.05) is 42.5 Å². The van der Waals surface area contributed by atoms with Crippen molar-refractivity contribution in [2.24, 2.45) is 0 Å². The first kappa shape index (κ1) is 17.1. The van der Waals surface area contributed by atoms with Gasteiger partial charge in [0.05, 0.1) is 25.7 Å². The summed E-state index contributed by atoms with van der Waals surface area (Å²) in [6.45, 7) is 0. The summed E-state index contributed by atoms with van der Waals surface area (Å²) in [5, 5.41) is 5.44. The van der Waals surface area contributed by atoms with E-state index in [9.17, 15) is 4.79 Å². The van der Waals surface area contributed by atoms with Crippen molar-refractivity contribution in [2.75, 3.05) is 19.5 Å².